The zero-order valence-electron chi connectivity index (χ0n) is 14.4. The Kier molecular flexibility index (Phi) is 4.85. The maximum atomic E-state index is 14.1. The van der Waals surface area contributed by atoms with E-state index in [0.717, 1.165) is 12.1 Å². The van der Waals surface area contributed by atoms with Crippen molar-refractivity contribution in [2.24, 2.45) is 5.73 Å². The molecule has 148 valence electrons. The van der Waals surface area contributed by atoms with Gasteiger partial charge in [-0.1, -0.05) is 6.92 Å². The molecule has 0 radical (unpaired) electrons. The van der Waals surface area contributed by atoms with E-state index >= 15 is 0 Å². The molecule has 0 aromatic heterocycles. The smallest absolute Gasteiger partial charge is 0.368 e. The van der Waals surface area contributed by atoms with Gasteiger partial charge in [0.1, 0.15) is 17.5 Å². The summed E-state index contributed by atoms with van der Waals surface area (Å²) < 4.78 is 85.0. The summed E-state index contributed by atoms with van der Waals surface area (Å²) in [6, 6.07) is 5.52. The number of rotatable bonds is 4. The highest BCUT2D eigenvalue weighted by Gasteiger charge is 2.60. The highest BCUT2D eigenvalue weighted by atomic mass is 32.2. The second-order valence-electron chi connectivity index (χ2n) is 6.17. The summed E-state index contributed by atoms with van der Waals surface area (Å²) in [6.45, 7) is 1.81. The zero-order valence-corrected chi connectivity index (χ0v) is 15.2. The molecule has 0 saturated carbocycles. The van der Waals surface area contributed by atoms with Crippen molar-refractivity contribution in [2.75, 3.05) is 0 Å². The van der Waals surface area contributed by atoms with Crippen molar-refractivity contribution in [3.05, 3.63) is 52.6 Å². The van der Waals surface area contributed by atoms with E-state index in [1.165, 1.54) is 12.1 Å². The summed E-state index contributed by atoms with van der Waals surface area (Å²) in [5, 5.41) is 4.67. The fourth-order valence-electron chi connectivity index (χ4n) is 3.06. The Hall–Kier alpha value is -2.64. The second kappa shape index (κ2) is 6.76. The van der Waals surface area contributed by atoms with Gasteiger partial charge >= 0.3 is 5.25 Å². The van der Waals surface area contributed by atoms with Crippen LogP contribution in [0.2, 0.25) is 0 Å². The van der Waals surface area contributed by atoms with E-state index in [2.05, 4.69) is 0 Å². The summed E-state index contributed by atoms with van der Waals surface area (Å²) >= 11 is 0. The Labute approximate surface area is 158 Å². The Balaban J connectivity index is 2.19. The van der Waals surface area contributed by atoms with Crippen LogP contribution < -0.4 is 10.5 Å². The van der Waals surface area contributed by atoms with Crippen LogP contribution in [-0.4, -0.2) is 13.7 Å². The van der Waals surface area contributed by atoms with Crippen molar-refractivity contribution in [2.45, 2.75) is 36.0 Å². The number of ether oxygens (including phenoxy) is 1. The number of benzene rings is 2. The SMILES string of the molecule is CCc1cc(C#N)cc(Oc2ccc3c(c2C(F)F)C(N)C(F)(F)S3(=O)=O)c1. The van der Waals surface area contributed by atoms with Crippen molar-refractivity contribution < 1.29 is 30.7 Å². The molecule has 0 fully saturated rings. The molecule has 0 amide bonds. The minimum atomic E-state index is -5.19. The van der Waals surface area contributed by atoms with Gasteiger partial charge in [-0.3, -0.25) is 0 Å². The first-order valence-electron chi connectivity index (χ1n) is 8.09. The molecule has 0 saturated heterocycles. The lowest BCUT2D eigenvalue weighted by molar-refractivity contribution is 0.0662. The summed E-state index contributed by atoms with van der Waals surface area (Å²) in [5.74, 6) is -0.465. The first kappa shape index (κ1) is 20.1. The molecule has 2 N–H and O–H groups in total. The number of nitrogens with two attached hydrogens (primary N) is 1. The van der Waals surface area contributed by atoms with E-state index in [-0.39, 0.29) is 11.3 Å². The number of hydrogen-bond donors (Lipinski definition) is 1. The number of nitrogens with zero attached hydrogens (tertiary/aromatic N) is 1. The molecule has 0 bridgehead atoms. The molecule has 2 aromatic carbocycles. The number of aryl methyl sites for hydroxylation is 1. The summed E-state index contributed by atoms with van der Waals surface area (Å²) in [5.41, 5.74) is 4.38. The Morgan fingerprint density at radius 2 is 1.96 bits per heavy atom. The van der Waals surface area contributed by atoms with E-state index in [4.69, 9.17) is 15.7 Å². The van der Waals surface area contributed by atoms with Gasteiger partial charge in [-0.2, -0.15) is 14.0 Å². The first-order chi connectivity index (χ1) is 13.0. The predicted molar refractivity (Wildman–Crippen MR) is 91.1 cm³/mol. The molecular formula is C18H14F4N2O3S. The average molecular weight is 414 g/mol. The molecule has 1 unspecified atom stereocenters. The number of halogens is 4. The van der Waals surface area contributed by atoms with E-state index in [1.54, 1.807) is 6.07 Å². The van der Waals surface area contributed by atoms with Crippen molar-refractivity contribution in [3.8, 4) is 17.6 Å². The van der Waals surface area contributed by atoms with Crippen molar-refractivity contribution in [3.63, 3.8) is 0 Å². The largest absolute Gasteiger partial charge is 0.457 e. The topological polar surface area (TPSA) is 93.2 Å². The minimum absolute atomic E-state index is 0.0407. The van der Waals surface area contributed by atoms with Gasteiger partial charge < -0.3 is 10.5 Å². The first-order valence-corrected chi connectivity index (χ1v) is 9.57. The highest BCUT2D eigenvalue weighted by Crippen LogP contribution is 2.52. The van der Waals surface area contributed by atoms with Gasteiger partial charge in [0.25, 0.3) is 6.43 Å². The number of hydrogen-bond acceptors (Lipinski definition) is 5. The molecule has 3 rings (SSSR count). The van der Waals surface area contributed by atoms with Gasteiger partial charge in [0.2, 0.25) is 9.84 Å². The molecule has 0 aliphatic carbocycles. The molecule has 1 aliphatic rings. The summed E-state index contributed by atoms with van der Waals surface area (Å²) in [6.07, 6.45) is -2.78. The van der Waals surface area contributed by atoms with E-state index in [1.807, 2.05) is 13.0 Å². The Morgan fingerprint density at radius 3 is 2.54 bits per heavy atom. The number of sulfone groups is 1. The fourth-order valence-corrected chi connectivity index (χ4v) is 4.58. The minimum Gasteiger partial charge on any atom is -0.457 e. The average Bonchev–Trinajstić information content (AvgIpc) is 2.78. The van der Waals surface area contributed by atoms with E-state index in [9.17, 15) is 26.0 Å². The normalized spacial score (nSPS) is 19.3. The van der Waals surface area contributed by atoms with Crippen LogP contribution in [0.15, 0.2) is 35.2 Å². The highest BCUT2D eigenvalue weighted by molar-refractivity contribution is 7.92. The van der Waals surface area contributed by atoms with Crippen LogP contribution in [0.3, 0.4) is 0 Å². The zero-order chi connectivity index (χ0) is 20.9. The quantitative estimate of drug-likeness (QED) is 0.756. The van der Waals surface area contributed by atoms with Crippen molar-refractivity contribution in [1.29, 1.82) is 5.26 Å². The van der Waals surface area contributed by atoms with E-state index in [0.29, 0.717) is 12.0 Å². The number of alkyl halides is 4. The summed E-state index contributed by atoms with van der Waals surface area (Å²) in [4.78, 5) is -0.937. The maximum Gasteiger partial charge on any atom is 0.368 e. The third-order valence-corrected chi connectivity index (χ3v) is 6.38. The van der Waals surface area contributed by atoms with Gasteiger partial charge in [-0.05, 0) is 42.3 Å². The third kappa shape index (κ3) is 2.91. The standard InChI is InChI=1S/C18H14F4N2O3S/c1-2-9-5-10(8-23)7-11(6-9)27-12-3-4-13-15(14(12)17(19)20)16(24)18(21,22)28(13,25)26/h3-7,16-17H,2,24H2,1H3. The maximum absolute atomic E-state index is 14.1. The molecule has 10 heteroatoms. The molecule has 0 spiro atoms. The molecule has 1 aliphatic heterocycles. The third-order valence-electron chi connectivity index (χ3n) is 4.48. The lowest BCUT2D eigenvalue weighted by Gasteiger charge is -2.17. The van der Waals surface area contributed by atoms with Gasteiger partial charge in [-0.15, -0.1) is 0 Å². The second-order valence-corrected chi connectivity index (χ2v) is 8.16. The van der Waals surface area contributed by atoms with Crippen molar-refractivity contribution >= 4 is 9.84 Å². The van der Waals surface area contributed by atoms with E-state index < -0.39 is 49.3 Å². The fraction of sp³-hybridized carbons (Fsp3) is 0.278. The summed E-state index contributed by atoms with van der Waals surface area (Å²) in [7, 11) is -5.19. The molecule has 1 heterocycles. The van der Waals surface area contributed by atoms with Gasteiger partial charge in [-0.25, -0.2) is 17.2 Å². The Morgan fingerprint density at radius 1 is 1.29 bits per heavy atom. The van der Waals surface area contributed by atoms with Crippen LogP contribution in [-0.2, 0) is 16.3 Å². The lowest BCUT2D eigenvalue weighted by atomic mass is 10.00. The van der Waals surface area contributed by atoms with Crippen LogP contribution in [0.25, 0.3) is 0 Å². The lowest BCUT2D eigenvalue weighted by Crippen LogP contribution is -2.34. The van der Waals surface area contributed by atoms with Crippen LogP contribution in [0.1, 0.15) is 41.6 Å². The predicted octanol–water partition coefficient (Wildman–Crippen LogP) is 4.23. The molecule has 5 nitrogen and oxygen atoms in total. The van der Waals surface area contributed by atoms with Crippen LogP contribution in [0, 0.1) is 11.3 Å². The Bertz CT molecular complexity index is 1090. The van der Waals surface area contributed by atoms with Gasteiger partial charge in [0.05, 0.1) is 22.1 Å². The van der Waals surface area contributed by atoms with Crippen LogP contribution in [0.4, 0.5) is 17.6 Å². The molecular weight excluding hydrogens is 400 g/mol. The number of nitriles is 1. The van der Waals surface area contributed by atoms with Crippen LogP contribution in [0.5, 0.6) is 11.5 Å². The molecule has 2 aromatic rings. The van der Waals surface area contributed by atoms with Gasteiger partial charge in [0, 0.05) is 5.56 Å². The molecule has 28 heavy (non-hydrogen) atoms. The number of fused-ring (bicyclic) bond motifs is 1. The van der Waals surface area contributed by atoms with Crippen molar-refractivity contribution in [1.82, 2.24) is 0 Å². The van der Waals surface area contributed by atoms with Gasteiger partial charge in [0.15, 0.2) is 0 Å². The molecule has 1 atom stereocenters. The van der Waals surface area contributed by atoms with Crippen LogP contribution >= 0.6 is 0 Å². The monoisotopic (exact) mass is 414 g/mol.